The zero-order valence-electron chi connectivity index (χ0n) is 14.6. The Morgan fingerprint density at radius 3 is 1.79 bits per heavy atom. The van der Waals surface area contributed by atoms with Gasteiger partial charge in [-0.1, -0.05) is 0 Å². The normalized spacial score (nSPS) is 14.8. The molecule has 0 aromatic heterocycles. The molecule has 0 aliphatic rings. The van der Waals surface area contributed by atoms with Gasteiger partial charge in [-0.15, -0.1) is 0 Å². The van der Waals surface area contributed by atoms with Gasteiger partial charge in [-0.3, -0.25) is 0 Å². The second-order valence-corrected chi connectivity index (χ2v) is 9.52. The molecule has 0 fully saturated rings. The first kappa shape index (κ1) is 19.1. The molecular weight excluding hydrogens is 319 g/mol. The summed E-state index contributed by atoms with van der Waals surface area (Å²) in [6.45, 7) is 4.64. The third-order valence-corrected chi connectivity index (χ3v) is 7.64. The average Bonchev–Trinajstić information content (AvgIpc) is 2.64. The van der Waals surface area contributed by atoms with E-state index >= 15 is 0 Å². The van der Waals surface area contributed by atoms with Crippen LogP contribution in [0.15, 0.2) is 60.7 Å². The van der Waals surface area contributed by atoms with Gasteiger partial charge >= 0.3 is 145 Å². The van der Waals surface area contributed by atoms with E-state index in [0.717, 1.165) is 25.7 Å². The standard InChI is InChI=1S/C20H29O3P/c1-3-5-12-18(4-2)17-23-24(21,22,19-13-8-6-9-14-19)20-15-10-7-11-16-20/h6-11,13-16,18,21-22H,3-5,12,17H2,1-2H3. The van der Waals surface area contributed by atoms with Crippen molar-refractivity contribution in [2.45, 2.75) is 39.5 Å². The summed E-state index contributed by atoms with van der Waals surface area (Å²) >= 11 is 0. The second-order valence-electron chi connectivity index (χ2n) is 6.33. The van der Waals surface area contributed by atoms with Gasteiger partial charge in [0.1, 0.15) is 0 Å². The zero-order valence-corrected chi connectivity index (χ0v) is 15.5. The van der Waals surface area contributed by atoms with Crippen molar-refractivity contribution in [1.82, 2.24) is 0 Å². The molecule has 1 atom stereocenters. The Labute approximate surface area is 145 Å². The van der Waals surface area contributed by atoms with E-state index in [1.54, 1.807) is 24.3 Å². The summed E-state index contributed by atoms with van der Waals surface area (Å²) < 4.78 is 5.98. The van der Waals surface area contributed by atoms with Crippen molar-refractivity contribution in [3.05, 3.63) is 60.7 Å². The molecule has 0 aliphatic carbocycles. The fourth-order valence-electron chi connectivity index (χ4n) is 2.84. The summed E-state index contributed by atoms with van der Waals surface area (Å²) in [5.74, 6) is 0.332. The van der Waals surface area contributed by atoms with E-state index in [0.29, 0.717) is 23.1 Å². The molecule has 0 spiro atoms. The predicted molar refractivity (Wildman–Crippen MR) is 103 cm³/mol. The van der Waals surface area contributed by atoms with Crippen LogP contribution >= 0.6 is 7.28 Å². The number of benzene rings is 2. The number of hydrogen-bond donors (Lipinski definition) is 2. The Kier molecular flexibility index (Phi) is 6.54. The van der Waals surface area contributed by atoms with Gasteiger partial charge in [0.15, 0.2) is 0 Å². The second kappa shape index (κ2) is 8.22. The molecule has 132 valence electrons. The fourth-order valence-corrected chi connectivity index (χ4v) is 5.34. The molecule has 0 amide bonds. The first-order chi connectivity index (χ1) is 11.5. The van der Waals surface area contributed by atoms with Crippen molar-refractivity contribution in [2.75, 3.05) is 6.61 Å². The zero-order chi connectivity index (χ0) is 17.5. The summed E-state index contributed by atoms with van der Waals surface area (Å²) in [4.78, 5) is 22.9. The Morgan fingerprint density at radius 1 is 0.875 bits per heavy atom. The molecule has 1 unspecified atom stereocenters. The van der Waals surface area contributed by atoms with Gasteiger partial charge in [-0.25, -0.2) is 0 Å². The van der Waals surface area contributed by atoms with E-state index < -0.39 is 7.28 Å². The molecule has 24 heavy (non-hydrogen) atoms. The molecule has 0 heterocycles. The summed E-state index contributed by atoms with van der Waals surface area (Å²) in [6.07, 6.45) is 4.28. The van der Waals surface area contributed by atoms with Crippen LogP contribution in [0, 0.1) is 5.92 Å². The van der Waals surface area contributed by atoms with Gasteiger partial charge in [0.05, 0.1) is 0 Å². The van der Waals surface area contributed by atoms with Crippen molar-refractivity contribution in [3.63, 3.8) is 0 Å². The van der Waals surface area contributed by atoms with E-state index in [1.165, 1.54) is 0 Å². The fraction of sp³-hybridized carbons (Fsp3) is 0.400. The number of unbranched alkanes of at least 4 members (excludes halogenated alkanes) is 1. The molecule has 2 rings (SSSR count). The van der Waals surface area contributed by atoms with Gasteiger partial charge in [-0.05, 0) is 0 Å². The van der Waals surface area contributed by atoms with Crippen LogP contribution in [-0.2, 0) is 4.52 Å². The maximum absolute atomic E-state index is 11.5. The van der Waals surface area contributed by atoms with Gasteiger partial charge < -0.3 is 0 Å². The minimum atomic E-state index is -4.61. The molecule has 2 N–H and O–H groups in total. The Hall–Kier alpha value is -1.25. The molecule has 4 heteroatoms. The molecular formula is C20H29O3P. The molecule has 2 aromatic carbocycles. The maximum atomic E-state index is 11.5. The van der Waals surface area contributed by atoms with Crippen molar-refractivity contribution in [2.24, 2.45) is 5.92 Å². The monoisotopic (exact) mass is 348 g/mol. The van der Waals surface area contributed by atoms with Crippen molar-refractivity contribution in [1.29, 1.82) is 0 Å². The molecule has 0 saturated heterocycles. The quantitative estimate of drug-likeness (QED) is 0.669. The van der Waals surface area contributed by atoms with Crippen LogP contribution in [0.1, 0.15) is 39.5 Å². The van der Waals surface area contributed by atoms with Gasteiger partial charge in [0.25, 0.3) is 0 Å². The van der Waals surface area contributed by atoms with Crippen molar-refractivity contribution < 1.29 is 14.3 Å². The van der Waals surface area contributed by atoms with Crippen molar-refractivity contribution in [3.8, 4) is 0 Å². The van der Waals surface area contributed by atoms with Gasteiger partial charge in [0.2, 0.25) is 0 Å². The van der Waals surface area contributed by atoms with Gasteiger partial charge in [0, 0.05) is 0 Å². The first-order valence-electron chi connectivity index (χ1n) is 8.78. The van der Waals surface area contributed by atoms with E-state index in [4.69, 9.17) is 4.52 Å². The SMILES string of the molecule is CCCCC(CC)COP(O)(O)(c1ccccc1)c1ccccc1. The first-order valence-corrected chi connectivity index (χ1v) is 10.8. The van der Waals surface area contributed by atoms with E-state index in [-0.39, 0.29) is 0 Å². The van der Waals surface area contributed by atoms with Crippen LogP contribution in [0.2, 0.25) is 0 Å². The molecule has 2 aromatic rings. The van der Waals surface area contributed by atoms with Crippen LogP contribution in [0.5, 0.6) is 0 Å². The molecule has 3 nitrogen and oxygen atoms in total. The van der Waals surface area contributed by atoms with E-state index in [2.05, 4.69) is 13.8 Å². The van der Waals surface area contributed by atoms with Crippen LogP contribution in [-0.4, -0.2) is 16.4 Å². The minimum absolute atomic E-state index is 0.332. The summed E-state index contributed by atoms with van der Waals surface area (Å²) in [5, 5.41) is 0.889. The van der Waals surface area contributed by atoms with Gasteiger partial charge in [-0.2, -0.15) is 0 Å². The summed E-state index contributed by atoms with van der Waals surface area (Å²) in [7, 11) is -4.61. The third kappa shape index (κ3) is 4.23. The average molecular weight is 348 g/mol. The Balaban J connectivity index is 2.34. The van der Waals surface area contributed by atoms with Crippen LogP contribution in [0.25, 0.3) is 0 Å². The summed E-state index contributed by atoms with van der Waals surface area (Å²) in [5.41, 5.74) is 0. The van der Waals surface area contributed by atoms with Crippen molar-refractivity contribution >= 4 is 17.9 Å². The van der Waals surface area contributed by atoms with Crippen LogP contribution in [0.3, 0.4) is 0 Å². The topological polar surface area (TPSA) is 49.7 Å². The van der Waals surface area contributed by atoms with E-state index in [1.807, 2.05) is 36.4 Å². The van der Waals surface area contributed by atoms with Crippen LogP contribution in [0.4, 0.5) is 0 Å². The van der Waals surface area contributed by atoms with E-state index in [9.17, 15) is 9.79 Å². The number of rotatable bonds is 9. The summed E-state index contributed by atoms with van der Waals surface area (Å²) in [6, 6.07) is 17.9. The third-order valence-electron chi connectivity index (χ3n) is 4.54. The molecule has 0 saturated carbocycles. The molecule has 0 radical (unpaired) electrons. The predicted octanol–water partition coefficient (Wildman–Crippen LogP) is 4.15. The Morgan fingerprint density at radius 2 is 1.38 bits per heavy atom. The Bertz CT molecular complexity index is 570. The van der Waals surface area contributed by atoms with Crippen LogP contribution < -0.4 is 10.6 Å². The number of hydrogen-bond acceptors (Lipinski definition) is 3. The molecule has 0 aliphatic heterocycles. The molecule has 0 bridgehead atoms.